The van der Waals surface area contributed by atoms with E-state index in [0.717, 1.165) is 23.3 Å². The molecule has 0 radical (unpaired) electrons. The van der Waals surface area contributed by atoms with E-state index < -0.39 is 0 Å². The predicted molar refractivity (Wildman–Crippen MR) is 72.5 cm³/mol. The summed E-state index contributed by atoms with van der Waals surface area (Å²) < 4.78 is 0. The molecule has 1 aromatic carbocycles. The maximum atomic E-state index is 10.7. The average Bonchev–Trinajstić information content (AvgIpc) is 2.31. The van der Waals surface area contributed by atoms with Gasteiger partial charge in [-0.05, 0) is 17.5 Å². The monoisotopic (exact) mass is 245 g/mol. The lowest BCUT2D eigenvalue weighted by atomic mass is 10.0. The molecule has 88 valence electrons. The summed E-state index contributed by atoms with van der Waals surface area (Å²) in [6.07, 6.45) is 5.37. The normalized spacial score (nSPS) is 10.4. The van der Waals surface area contributed by atoms with Gasteiger partial charge in [-0.1, -0.05) is 48.2 Å². The lowest BCUT2D eigenvalue weighted by molar-refractivity contribution is -0.109. The Balaban J connectivity index is 2.53. The minimum Gasteiger partial charge on any atom is -0.288 e. The van der Waals surface area contributed by atoms with E-state index in [9.17, 15) is 4.79 Å². The number of carbonyl (C=O) groups excluding carboxylic acids is 1. The molecule has 0 bridgehead atoms. The molecule has 0 aliphatic rings. The van der Waals surface area contributed by atoms with Crippen molar-refractivity contribution in [1.29, 1.82) is 5.26 Å². The number of hydrogen-bond donors (Lipinski definition) is 0. The fourth-order valence-corrected chi connectivity index (χ4v) is 1.97. The molecule has 0 aromatic heterocycles. The molecule has 3 heteroatoms. The summed E-state index contributed by atoms with van der Waals surface area (Å²) in [7, 11) is 0. The van der Waals surface area contributed by atoms with Crippen molar-refractivity contribution in [2.75, 3.05) is 5.75 Å². The molecular formula is C14H15NOS. The van der Waals surface area contributed by atoms with Gasteiger partial charge in [0.25, 0.3) is 0 Å². The Morgan fingerprint density at radius 3 is 2.94 bits per heavy atom. The van der Waals surface area contributed by atoms with Crippen molar-refractivity contribution in [3.8, 4) is 6.07 Å². The van der Waals surface area contributed by atoms with E-state index >= 15 is 0 Å². The largest absolute Gasteiger partial charge is 0.288 e. The molecule has 0 spiro atoms. The minimum absolute atomic E-state index is 0.156. The zero-order valence-electron chi connectivity index (χ0n) is 9.85. The van der Waals surface area contributed by atoms with Crippen LogP contribution in [0.25, 0.3) is 6.08 Å². The van der Waals surface area contributed by atoms with E-state index in [0.29, 0.717) is 6.42 Å². The zero-order valence-corrected chi connectivity index (χ0v) is 10.7. The van der Waals surface area contributed by atoms with Crippen molar-refractivity contribution < 1.29 is 4.79 Å². The molecule has 0 atom stereocenters. The van der Waals surface area contributed by atoms with Gasteiger partial charge in [0.1, 0.15) is 0 Å². The maximum Gasteiger partial charge on any atom is 0.185 e. The highest BCUT2D eigenvalue weighted by atomic mass is 32.2. The van der Waals surface area contributed by atoms with E-state index in [2.05, 4.69) is 6.07 Å². The minimum atomic E-state index is 0.156. The lowest BCUT2D eigenvalue weighted by Gasteiger charge is -2.00. The van der Waals surface area contributed by atoms with Crippen LogP contribution in [0, 0.1) is 11.3 Å². The summed E-state index contributed by atoms with van der Waals surface area (Å²) >= 11 is 1.34. The molecule has 0 unspecified atom stereocenters. The van der Waals surface area contributed by atoms with Crippen molar-refractivity contribution in [3.63, 3.8) is 0 Å². The molecule has 1 rings (SSSR count). The first kappa shape index (κ1) is 13.5. The zero-order chi connectivity index (χ0) is 12.5. The van der Waals surface area contributed by atoms with Crippen LogP contribution in [0.5, 0.6) is 0 Å². The Kier molecular flexibility index (Phi) is 6.13. The van der Waals surface area contributed by atoms with Crippen LogP contribution in [0.4, 0.5) is 0 Å². The van der Waals surface area contributed by atoms with Gasteiger partial charge in [0, 0.05) is 12.7 Å². The van der Waals surface area contributed by atoms with Crippen molar-refractivity contribution in [3.05, 3.63) is 41.5 Å². The number of rotatable bonds is 5. The number of hydrogen-bond acceptors (Lipinski definition) is 3. The van der Waals surface area contributed by atoms with Crippen molar-refractivity contribution in [2.45, 2.75) is 19.8 Å². The van der Waals surface area contributed by atoms with E-state index in [-0.39, 0.29) is 5.12 Å². The Bertz CT molecular complexity index is 446. The third-order valence-electron chi connectivity index (χ3n) is 2.21. The van der Waals surface area contributed by atoms with Crippen LogP contribution in [0.3, 0.4) is 0 Å². The quantitative estimate of drug-likeness (QED) is 0.746. The molecular weight excluding hydrogens is 230 g/mol. The maximum absolute atomic E-state index is 10.7. The molecule has 2 nitrogen and oxygen atoms in total. The molecule has 0 heterocycles. The molecule has 17 heavy (non-hydrogen) atoms. The summed E-state index contributed by atoms with van der Waals surface area (Å²) in [6.45, 7) is 1.58. The van der Waals surface area contributed by atoms with E-state index in [1.54, 1.807) is 6.92 Å². The highest BCUT2D eigenvalue weighted by Crippen LogP contribution is 2.12. The molecule has 0 aliphatic heterocycles. The first-order valence-electron chi connectivity index (χ1n) is 5.49. The standard InChI is InChI=1S/C14H15NOS/c1-12(16)17-11-5-4-8-13-6-2-3-7-14(13)9-10-15/h2-4,6-8H,5,9,11H2,1H3. The number of nitrogens with zero attached hydrogens (tertiary/aromatic N) is 1. The summed E-state index contributed by atoms with van der Waals surface area (Å²) in [5, 5.41) is 8.86. The van der Waals surface area contributed by atoms with Crippen LogP contribution < -0.4 is 0 Å². The highest BCUT2D eigenvalue weighted by Gasteiger charge is 1.97. The first-order valence-corrected chi connectivity index (χ1v) is 6.47. The van der Waals surface area contributed by atoms with Gasteiger partial charge in [-0.25, -0.2) is 0 Å². The Labute approximate surface area is 106 Å². The molecule has 0 saturated heterocycles. The van der Waals surface area contributed by atoms with Crippen molar-refractivity contribution >= 4 is 23.0 Å². The van der Waals surface area contributed by atoms with Crippen LogP contribution >= 0.6 is 11.8 Å². The van der Waals surface area contributed by atoms with Gasteiger partial charge in [0.2, 0.25) is 0 Å². The van der Waals surface area contributed by atoms with Crippen LogP contribution in [0.2, 0.25) is 0 Å². The van der Waals surface area contributed by atoms with Gasteiger partial charge >= 0.3 is 0 Å². The second-order valence-corrected chi connectivity index (χ2v) is 4.84. The van der Waals surface area contributed by atoms with Crippen molar-refractivity contribution in [2.24, 2.45) is 0 Å². The molecule has 0 saturated carbocycles. The summed E-state index contributed by atoms with van der Waals surface area (Å²) in [4.78, 5) is 10.7. The third-order valence-corrected chi connectivity index (χ3v) is 3.06. The van der Waals surface area contributed by atoms with Gasteiger partial charge in [-0.3, -0.25) is 4.79 Å². The van der Waals surface area contributed by atoms with Gasteiger partial charge in [-0.15, -0.1) is 0 Å². The molecule has 0 fully saturated rings. The van der Waals surface area contributed by atoms with E-state index in [1.165, 1.54) is 11.8 Å². The highest BCUT2D eigenvalue weighted by molar-refractivity contribution is 8.13. The molecule has 0 aliphatic carbocycles. The fraction of sp³-hybridized carbons (Fsp3) is 0.286. The number of nitriles is 1. The van der Waals surface area contributed by atoms with Gasteiger partial charge in [-0.2, -0.15) is 5.26 Å². The van der Waals surface area contributed by atoms with E-state index in [1.807, 2.05) is 36.4 Å². The number of carbonyl (C=O) groups is 1. The third kappa shape index (κ3) is 5.37. The van der Waals surface area contributed by atoms with Crippen LogP contribution in [0.1, 0.15) is 24.5 Å². The first-order chi connectivity index (χ1) is 8.24. The fourth-order valence-electron chi connectivity index (χ4n) is 1.42. The topological polar surface area (TPSA) is 40.9 Å². The Hall–Kier alpha value is -1.53. The summed E-state index contributed by atoms with van der Waals surface area (Å²) in [6, 6.07) is 10.0. The van der Waals surface area contributed by atoms with Gasteiger partial charge in [0.05, 0.1) is 12.5 Å². The summed E-state index contributed by atoms with van der Waals surface area (Å²) in [5.74, 6) is 0.812. The second kappa shape index (κ2) is 7.70. The van der Waals surface area contributed by atoms with Gasteiger partial charge in [0.15, 0.2) is 5.12 Å². The second-order valence-electron chi connectivity index (χ2n) is 3.56. The molecule has 0 amide bonds. The summed E-state index contributed by atoms with van der Waals surface area (Å²) in [5.41, 5.74) is 2.13. The molecule has 1 aromatic rings. The molecule has 0 N–H and O–H groups in total. The number of allylic oxidation sites excluding steroid dienone is 1. The van der Waals surface area contributed by atoms with Crippen molar-refractivity contribution in [1.82, 2.24) is 0 Å². The predicted octanol–water partition coefficient (Wildman–Crippen LogP) is 3.44. The van der Waals surface area contributed by atoms with Crippen LogP contribution in [0.15, 0.2) is 30.3 Å². The lowest BCUT2D eigenvalue weighted by Crippen LogP contribution is -1.87. The SMILES string of the molecule is CC(=O)SCCC=Cc1ccccc1CC#N. The Morgan fingerprint density at radius 2 is 2.24 bits per heavy atom. The van der Waals surface area contributed by atoms with Crippen LogP contribution in [-0.2, 0) is 11.2 Å². The average molecular weight is 245 g/mol. The van der Waals surface area contributed by atoms with Gasteiger partial charge < -0.3 is 0 Å². The Morgan fingerprint density at radius 1 is 1.47 bits per heavy atom. The van der Waals surface area contributed by atoms with Crippen LogP contribution in [-0.4, -0.2) is 10.9 Å². The smallest absolute Gasteiger partial charge is 0.185 e. The number of benzene rings is 1. The number of thioether (sulfide) groups is 1. The van der Waals surface area contributed by atoms with E-state index in [4.69, 9.17) is 5.26 Å².